The number of aryl methyl sites for hydroxylation is 1. The lowest BCUT2D eigenvalue weighted by Crippen LogP contribution is -2.00. The second-order valence-corrected chi connectivity index (χ2v) is 5.04. The van der Waals surface area contributed by atoms with Crippen molar-refractivity contribution in [3.63, 3.8) is 0 Å². The van der Waals surface area contributed by atoms with Crippen molar-refractivity contribution in [1.29, 1.82) is 0 Å². The van der Waals surface area contributed by atoms with Gasteiger partial charge in [-0.1, -0.05) is 29.3 Å². The van der Waals surface area contributed by atoms with Crippen LogP contribution in [0.1, 0.15) is 5.69 Å². The zero-order chi connectivity index (χ0) is 12.6. The first-order valence-corrected chi connectivity index (χ1v) is 6.29. The molecule has 0 radical (unpaired) electrons. The van der Waals surface area contributed by atoms with Gasteiger partial charge in [0.05, 0.1) is 25.8 Å². The average molecular weight is 333 g/mol. The van der Waals surface area contributed by atoms with Crippen LogP contribution in [0.2, 0.25) is 10.0 Å². The molecule has 0 bridgehead atoms. The lowest BCUT2D eigenvalue weighted by Gasteiger charge is -2.08. The number of benzene rings is 1. The first-order chi connectivity index (χ1) is 8.00. The summed E-state index contributed by atoms with van der Waals surface area (Å²) in [4.78, 5) is 8.49. The summed E-state index contributed by atoms with van der Waals surface area (Å²) in [5, 5.41) is 0.997. The van der Waals surface area contributed by atoms with Gasteiger partial charge in [-0.3, -0.25) is 0 Å². The number of nitrogen functional groups attached to an aromatic ring is 1. The third kappa shape index (κ3) is 2.39. The highest BCUT2D eigenvalue weighted by molar-refractivity contribution is 9.10. The van der Waals surface area contributed by atoms with Gasteiger partial charge in [-0.25, -0.2) is 9.97 Å². The van der Waals surface area contributed by atoms with Gasteiger partial charge in [-0.15, -0.1) is 0 Å². The average Bonchev–Trinajstić information content (AvgIpc) is 2.25. The summed E-state index contributed by atoms with van der Waals surface area (Å²) in [6.45, 7) is 1.83. The maximum absolute atomic E-state index is 6.09. The molecule has 2 N–H and O–H groups in total. The Hall–Kier alpha value is -0.840. The molecule has 0 aliphatic rings. The van der Waals surface area contributed by atoms with Gasteiger partial charge in [0.2, 0.25) is 0 Å². The molecule has 2 rings (SSSR count). The smallest absolute Gasteiger partial charge is 0.164 e. The summed E-state index contributed by atoms with van der Waals surface area (Å²) >= 11 is 15.5. The number of anilines is 1. The van der Waals surface area contributed by atoms with E-state index in [-0.39, 0.29) is 0 Å². The molecule has 17 heavy (non-hydrogen) atoms. The van der Waals surface area contributed by atoms with Crippen molar-refractivity contribution in [1.82, 2.24) is 9.97 Å². The van der Waals surface area contributed by atoms with Gasteiger partial charge in [-0.2, -0.15) is 0 Å². The van der Waals surface area contributed by atoms with Crippen LogP contribution in [-0.2, 0) is 0 Å². The largest absolute Gasteiger partial charge is 0.383 e. The van der Waals surface area contributed by atoms with Crippen LogP contribution in [0.4, 0.5) is 5.82 Å². The number of hydrogen-bond donors (Lipinski definition) is 1. The SMILES string of the molecule is Cc1nc(-c2c(Cl)cccc2Cl)nc(N)c1Br. The van der Waals surface area contributed by atoms with Crippen LogP contribution < -0.4 is 5.73 Å². The van der Waals surface area contributed by atoms with Gasteiger partial charge in [0.25, 0.3) is 0 Å². The van der Waals surface area contributed by atoms with Gasteiger partial charge in [0.1, 0.15) is 5.82 Å². The molecule has 0 aliphatic carbocycles. The first-order valence-electron chi connectivity index (χ1n) is 4.74. The van der Waals surface area contributed by atoms with E-state index in [0.29, 0.717) is 31.7 Å². The van der Waals surface area contributed by atoms with Crippen molar-refractivity contribution in [2.45, 2.75) is 6.92 Å². The van der Waals surface area contributed by atoms with E-state index < -0.39 is 0 Å². The zero-order valence-corrected chi connectivity index (χ0v) is 11.9. The van der Waals surface area contributed by atoms with Crippen molar-refractivity contribution in [2.24, 2.45) is 0 Å². The minimum atomic E-state index is 0.364. The fraction of sp³-hybridized carbons (Fsp3) is 0.0909. The summed E-state index contributed by atoms with van der Waals surface area (Å²) in [6, 6.07) is 5.24. The van der Waals surface area contributed by atoms with E-state index >= 15 is 0 Å². The maximum Gasteiger partial charge on any atom is 0.164 e. The Kier molecular flexibility index (Phi) is 3.56. The molecule has 88 valence electrons. The van der Waals surface area contributed by atoms with Crippen LogP contribution in [-0.4, -0.2) is 9.97 Å². The predicted molar refractivity (Wildman–Crippen MR) is 74.3 cm³/mol. The molecule has 0 saturated heterocycles. The molecule has 1 heterocycles. The number of nitrogens with zero attached hydrogens (tertiary/aromatic N) is 2. The van der Waals surface area contributed by atoms with Gasteiger partial charge < -0.3 is 5.73 Å². The zero-order valence-electron chi connectivity index (χ0n) is 8.84. The third-order valence-electron chi connectivity index (χ3n) is 2.23. The standard InChI is InChI=1S/C11H8BrCl2N3/c1-5-9(12)10(15)17-11(16-5)8-6(13)3-2-4-7(8)14/h2-4H,1H3,(H2,15,16,17). The third-order valence-corrected chi connectivity index (χ3v) is 3.84. The minimum Gasteiger partial charge on any atom is -0.383 e. The Labute approximate surface area is 117 Å². The molecule has 0 unspecified atom stereocenters. The number of nitrogens with two attached hydrogens (primary N) is 1. The Morgan fingerprint density at radius 2 is 1.76 bits per heavy atom. The molecule has 1 aromatic heterocycles. The Balaban J connectivity index is 2.69. The number of hydrogen-bond acceptors (Lipinski definition) is 3. The Morgan fingerprint density at radius 3 is 2.29 bits per heavy atom. The first kappa shape index (κ1) is 12.6. The van der Waals surface area contributed by atoms with Crippen molar-refractivity contribution in [3.05, 3.63) is 38.4 Å². The highest BCUT2D eigenvalue weighted by Gasteiger charge is 2.14. The molecule has 3 nitrogen and oxygen atoms in total. The Morgan fingerprint density at radius 1 is 1.18 bits per heavy atom. The summed E-state index contributed by atoms with van der Waals surface area (Å²) in [7, 11) is 0. The topological polar surface area (TPSA) is 51.8 Å². The van der Waals surface area contributed by atoms with E-state index in [4.69, 9.17) is 28.9 Å². The second kappa shape index (κ2) is 4.80. The number of rotatable bonds is 1. The monoisotopic (exact) mass is 331 g/mol. The quantitative estimate of drug-likeness (QED) is 0.855. The molecule has 0 atom stereocenters. The van der Waals surface area contributed by atoms with Crippen LogP contribution in [0.5, 0.6) is 0 Å². The number of halogens is 3. The lowest BCUT2D eigenvalue weighted by molar-refractivity contribution is 1.10. The van der Waals surface area contributed by atoms with Crippen LogP contribution >= 0.6 is 39.1 Å². The molecular formula is C11H8BrCl2N3. The fourth-order valence-electron chi connectivity index (χ4n) is 1.40. The van der Waals surface area contributed by atoms with E-state index in [9.17, 15) is 0 Å². The van der Waals surface area contributed by atoms with Crippen LogP contribution in [0.3, 0.4) is 0 Å². The Bertz CT molecular complexity index is 544. The van der Waals surface area contributed by atoms with Crippen molar-refractivity contribution in [3.8, 4) is 11.4 Å². The van der Waals surface area contributed by atoms with Crippen LogP contribution in [0.15, 0.2) is 22.7 Å². The van der Waals surface area contributed by atoms with Crippen molar-refractivity contribution in [2.75, 3.05) is 5.73 Å². The van der Waals surface area contributed by atoms with E-state index in [0.717, 1.165) is 5.69 Å². The van der Waals surface area contributed by atoms with Gasteiger partial charge in [0.15, 0.2) is 5.82 Å². The normalized spacial score (nSPS) is 10.6. The lowest BCUT2D eigenvalue weighted by atomic mass is 10.2. The summed E-state index contributed by atoms with van der Waals surface area (Å²) in [5.41, 5.74) is 7.11. The summed E-state index contributed by atoms with van der Waals surface area (Å²) in [5.74, 6) is 0.794. The van der Waals surface area contributed by atoms with Crippen molar-refractivity contribution >= 4 is 44.9 Å². The second-order valence-electron chi connectivity index (χ2n) is 3.43. The van der Waals surface area contributed by atoms with Crippen LogP contribution in [0.25, 0.3) is 11.4 Å². The highest BCUT2D eigenvalue weighted by atomic mass is 79.9. The molecule has 0 spiro atoms. The van der Waals surface area contributed by atoms with Gasteiger partial charge in [-0.05, 0) is 35.0 Å². The maximum atomic E-state index is 6.09. The van der Waals surface area contributed by atoms with Gasteiger partial charge >= 0.3 is 0 Å². The fourth-order valence-corrected chi connectivity index (χ4v) is 2.15. The number of aromatic nitrogens is 2. The van der Waals surface area contributed by atoms with E-state index in [1.54, 1.807) is 18.2 Å². The molecule has 0 amide bonds. The van der Waals surface area contributed by atoms with E-state index in [2.05, 4.69) is 25.9 Å². The minimum absolute atomic E-state index is 0.364. The predicted octanol–water partition coefficient (Wildman–Crippen LogP) is 4.10. The van der Waals surface area contributed by atoms with Crippen LogP contribution in [0, 0.1) is 6.92 Å². The van der Waals surface area contributed by atoms with E-state index in [1.165, 1.54) is 0 Å². The summed E-state index contributed by atoms with van der Waals surface area (Å²) in [6.07, 6.45) is 0. The molecular weight excluding hydrogens is 325 g/mol. The van der Waals surface area contributed by atoms with Gasteiger partial charge in [0, 0.05) is 0 Å². The molecule has 0 saturated carbocycles. The molecule has 6 heteroatoms. The summed E-state index contributed by atoms with van der Waals surface area (Å²) < 4.78 is 0.685. The molecule has 0 aliphatic heterocycles. The molecule has 2 aromatic rings. The van der Waals surface area contributed by atoms with Crippen molar-refractivity contribution < 1.29 is 0 Å². The molecule has 0 fully saturated rings. The highest BCUT2D eigenvalue weighted by Crippen LogP contribution is 2.34. The van der Waals surface area contributed by atoms with E-state index in [1.807, 2.05) is 6.92 Å². The molecule has 1 aromatic carbocycles.